The van der Waals surface area contributed by atoms with Gasteiger partial charge < -0.3 is 19.5 Å². The average Bonchev–Trinajstić information content (AvgIpc) is 3.06. The molecule has 9 heteroatoms. The van der Waals surface area contributed by atoms with E-state index in [0.29, 0.717) is 6.61 Å². The molecule has 1 saturated heterocycles. The maximum Gasteiger partial charge on any atom is 0.407 e. The quantitative estimate of drug-likeness (QED) is 0.315. The first-order chi connectivity index (χ1) is 12.9. The Labute approximate surface area is 163 Å². The second-order valence-corrected chi connectivity index (χ2v) is 8.52. The van der Waals surface area contributed by atoms with Gasteiger partial charge >= 0.3 is 6.09 Å². The van der Waals surface area contributed by atoms with Gasteiger partial charge in [-0.05, 0) is 19.3 Å². The Balaban J connectivity index is 1.96. The highest BCUT2D eigenvalue weighted by Crippen LogP contribution is 2.18. The lowest BCUT2D eigenvalue weighted by atomic mass is 10.1. The van der Waals surface area contributed by atoms with Crippen LogP contribution in [0.15, 0.2) is 0 Å². The van der Waals surface area contributed by atoms with Crippen molar-refractivity contribution in [1.29, 1.82) is 0 Å². The highest BCUT2D eigenvalue weighted by Gasteiger charge is 2.26. The van der Waals surface area contributed by atoms with Crippen LogP contribution < -0.4 is 5.32 Å². The summed E-state index contributed by atoms with van der Waals surface area (Å²) in [6.07, 6.45) is 9.90. The molecule has 0 radical (unpaired) electrons. The van der Waals surface area contributed by atoms with Crippen LogP contribution >= 0.6 is 0 Å². The van der Waals surface area contributed by atoms with E-state index in [-0.39, 0.29) is 32.0 Å². The van der Waals surface area contributed by atoms with E-state index >= 15 is 0 Å². The van der Waals surface area contributed by atoms with Gasteiger partial charge in [0.1, 0.15) is 12.7 Å². The van der Waals surface area contributed by atoms with Crippen LogP contribution in [0.5, 0.6) is 0 Å². The van der Waals surface area contributed by atoms with E-state index in [2.05, 4.69) is 12.2 Å². The molecule has 8 nitrogen and oxygen atoms in total. The van der Waals surface area contributed by atoms with Gasteiger partial charge in [0.25, 0.3) is 10.1 Å². The van der Waals surface area contributed by atoms with Gasteiger partial charge in [0, 0.05) is 6.54 Å². The van der Waals surface area contributed by atoms with Crippen molar-refractivity contribution in [1.82, 2.24) is 5.32 Å². The minimum atomic E-state index is -4.00. The largest absolute Gasteiger partial charge is 0.447 e. The number of unbranched alkanes of at least 4 members (excludes halogenated alkanes) is 7. The first-order valence-corrected chi connectivity index (χ1v) is 11.6. The molecule has 1 aliphatic rings. The van der Waals surface area contributed by atoms with Crippen LogP contribution in [-0.2, 0) is 24.3 Å². The summed E-state index contributed by atoms with van der Waals surface area (Å²) in [5.74, 6) is -0.396. The topological polar surface area (TPSA) is 111 Å². The Morgan fingerprint density at radius 2 is 1.78 bits per heavy atom. The van der Waals surface area contributed by atoms with E-state index in [0.717, 1.165) is 12.8 Å². The van der Waals surface area contributed by atoms with E-state index in [1.54, 1.807) is 0 Å². The third-order valence-electron chi connectivity index (χ3n) is 4.35. The SMILES string of the molecule is CCCCCCCCCCC1OCC(COC(=O)NCCCS(=O)(=O)O)O1. The molecule has 2 N–H and O–H groups in total. The number of alkyl carbamates (subject to hydrolysis) is 1. The van der Waals surface area contributed by atoms with Crippen molar-refractivity contribution >= 4 is 16.2 Å². The molecule has 0 bridgehead atoms. The number of nitrogens with one attached hydrogen (secondary N) is 1. The number of hydrogen-bond acceptors (Lipinski definition) is 6. The lowest BCUT2D eigenvalue weighted by Crippen LogP contribution is -2.30. The Kier molecular flexibility index (Phi) is 12.6. The van der Waals surface area contributed by atoms with Crippen LogP contribution in [0.3, 0.4) is 0 Å². The summed E-state index contributed by atoms with van der Waals surface area (Å²) in [6, 6.07) is 0. The van der Waals surface area contributed by atoms with E-state index in [4.69, 9.17) is 18.8 Å². The van der Waals surface area contributed by atoms with Gasteiger partial charge in [-0.1, -0.05) is 51.9 Å². The molecule has 0 spiro atoms. The van der Waals surface area contributed by atoms with Gasteiger partial charge in [0.15, 0.2) is 6.29 Å². The normalized spacial score (nSPS) is 19.9. The summed E-state index contributed by atoms with van der Waals surface area (Å²) in [5.41, 5.74) is 0. The molecular weight excluding hydrogens is 374 g/mol. The van der Waals surface area contributed by atoms with Crippen molar-refractivity contribution in [3.05, 3.63) is 0 Å². The number of ether oxygens (including phenoxy) is 3. The molecule has 1 heterocycles. The van der Waals surface area contributed by atoms with Gasteiger partial charge in [-0.3, -0.25) is 4.55 Å². The number of carbonyl (C=O) groups excluding carboxylic acids is 1. The third kappa shape index (κ3) is 13.8. The zero-order valence-electron chi connectivity index (χ0n) is 16.4. The van der Waals surface area contributed by atoms with Gasteiger partial charge in [0.2, 0.25) is 0 Å². The lowest BCUT2D eigenvalue weighted by molar-refractivity contribution is -0.0709. The summed E-state index contributed by atoms with van der Waals surface area (Å²) in [7, 11) is -4.00. The van der Waals surface area contributed by atoms with Crippen molar-refractivity contribution in [2.24, 2.45) is 0 Å². The maximum absolute atomic E-state index is 11.5. The molecule has 0 aromatic rings. The molecule has 1 aliphatic heterocycles. The molecule has 0 saturated carbocycles. The minimum absolute atomic E-state index is 0.0953. The van der Waals surface area contributed by atoms with Crippen LogP contribution in [0.1, 0.15) is 71.1 Å². The second kappa shape index (κ2) is 14.1. The maximum atomic E-state index is 11.5. The van der Waals surface area contributed by atoms with Gasteiger partial charge in [-0.15, -0.1) is 0 Å². The molecule has 160 valence electrons. The first-order valence-electron chi connectivity index (χ1n) is 10.0. The average molecular weight is 410 g/mol. The zero-order valence-corrected chi connectivity index (χ0v) is 17.2. The summed E-state index contributed by atoms with van der Waals surface area (Å²) >= 11 is 0. The standard InChI is InChI=1S/C18H35NO7S/c1-2-3-4-5-6-7-8-9-11-17-24-14-16(26-17)15-25-18(20)19-12-10-13-27(21,22)23/h16-17H,2-15H2,1H3,(H,19,20)(H,21,22,23). The van der Waals surface area contributed by atoms with E-state index < -0.39 is 22.0 Å². The monoisotopic (exact) mass is 409 g/mol. The smallest absolute Gasteiger partial charge is 0.407 e. The van der Waals surface area contributed by atoms with Crippen LogP contribution in [0, 0.1) is 0 Å². The fraction of sp³-hybridized carbons (Fsp3) is 0.944. The molecule has 1 amide bonds. The Morgan fingerprint density at radius 3 is 2.44 bits per heavy atom. The number of rotatable bonds is 15. The molecule has 2 unspecified atom stereocenters. The number of carbonyl (C=O) groups is 1. The number of hydrogen-bond donors (Lipinski definition) is 2. The van der Waals surface area contributed by atoms with E-state index in [1.165, 1.54) is 44.9 Å². The molecule has 0 aromatic carbocycles. The van der Waals surface area contributed by atoms with Crippen molar-refractivity contribution in [2.75, 3.05) is 25.5 Å². The molecule has 0 aromatic heterocycles. The predicted octanol–water partition coefficient (Wildman–Crippen LogP) is 3.26. The van der Waals surface area contributed by atoms with Crippen molar-refractivity contribution in [2.45, 2.75) is 83.5 Å². The fourth-order valence-electron chi connectivity index (χ4n) is 2.86. The Bertz CT molecular complexity index is 498. The second-order valence-electron chi connectivity index (χ2n) is 6.95. The van der Waals surface area contributed by atoms with Crippen molar-refractivity contribution in [3.8, 4) is 0 Å². The Morgan fingerprint density at radius 1 is 1.11 bits per heavy atom. The molecule has 2 atom stereocenters. The van der Waals surface area contributed by atoms with Gasteiger partial charge in [-0.25, -0.2) is 4.79 Å². The highest BCUT2D eigenvalue weighted by atomic mass is 32.2. The van der Waals surface area contributed by atoms with Crippen LogP contribution in [0.4, 0.5) is 4.79 Å². The minimum Gasteiger partial charge on any atom is -0.447 e. The summed E-state index contributed by atoms with van der Waals surface area (Å²) in [4.78, 5) is 11.5. The van der Waals surface area contributed by atoms with Crippen LogP contribution in [-0.4, -0.2) is 57.0 Å². The van der Waals surface area contributed by atoms with E-state index in [1.807, 2.05) is 0 Å². The van der Waals surface area contributed by atoms with Crippen LogP contribution in [0.25, 0.3) is 0 Å². The van der Waals surface area contributed by atoms with E-state index in [9.17, 15) is 13.2 Å². The zero-order chi connectivity index (χ0) is 20.0. The first kappa shape index (κ1) is 24.1. The van der Waals surface area contributed by atoms with Crippen LogP contribution in [0.2, 0.25) is 0 Å². The van der Waals surface area contributed by atoms with Gasteiger partial charge in [-0.2, -0.15) is 8.42 Å². The fourth-order valence-corrected chi connectivity index (χ4v) is 3.37. The lowest BCUT2D eigenvalue weighted by Gasteiger charge is -2.12. The predicted molar refractivity (Wildman–Crippen MR) is 102 cm³/mol. The Hall–Kier alpha value is -0.900. The number of amides is 1. The summed E-state index contributed by atoms with van der Waals surface area (Å²) < 4.78 is 46.0. The third-order valence-corrected chi connectivity index (χ3v) is 5.16. The molecule has 1 fully saturated rings. The van der Waals surface area contributed by atoms with Crippen molar-refractivity contribution in [3.63, 3.8) is 0 Å². The van der Waals surface area contributed by atoms with Gasteiger partial charge in [0.05, 0.1) is 12.4 Å². The molecule has 1 rings (SSSR count). The summed E-state index contributed by atoms with van der Waals surface area (Å²) in [6.45, 7) is 2.83. The van der Waals surface area contributed by atoms with Crippen molar-refractivity contribution < 1.29 is 32.0 Å². The molecule has 0 aliphatic carbocycles. The molecule has 27 heavy (non-hydrogen) atoms. The highest BCUT2D eigenvalue weighted by molar-refractivity contribution is 7.85. The summed E-state index contributed by atoms with van der Waals surface area (Å²) in [5, 5.41) is 2.42. The molecular formula is C18H35NO7S.